The van der Waals surface area contributed by atoms with E-state index in [0.29, 0.717) is 0 Å². The molecule has 0 fully saturated rings. The largest absolute Gasteiger partial charge is 0.276 e. The Labute approximate surface area is 127 Å². The van der Waals surface area contributed by atoms with Crippen LogP contribution in [0.5, 0.6) is 0 Å². The van der Waals surface area contributed by atoms with E-state index in [4.69, 9.17) is 0 Å². The summed E-state index contributed by atoms with van der Waals surface area (Å²) >= 11 is 0. The number of hydrazone groups is 1. The summed E-state index contributed by atoms with van der Waals surface area (Å²) in [7, 11) is -3.58. The van der Waals surface area contributed by atoms with E-state index in [2.05, 4.69) is 29.9 Å². The maximum Gasteiger partial charge on any atom is 0.276 e. The normalized spacial score (nSPS) is 24.2. The van der Waals surface area contributed by atoms with Crippen molar-refractivity contribution in [3.63, 3.8) is 0 Å². The molecule has 0 unspecified atom stereocenters. The maximum atomic E-state index is 12.1. The lowest BCUT2D eigenvalue weighted by Crippen LogP contribution is -2.23. The van der Waals surface area contributed by atoms with Crippen molar-refractivity contribution in [3.8, 4) is 0 Å². The van der Waals surface area contributed by atoms with Gasteiger partial charge in [0.25, 0.3) is 10.0 Å². The van der Waals surface area contributed by atoms with Crippen LogP contribution >= 0.6 is 0 Å². The van der Waals surface area contributed by atoms with Crippen molar-refractivity contribution in [1.29, 1.82) is 0 Å². The van der Waals surface area contributed by atoms with Gasteiger partial charge in [-0.25, -0.2) is 0 Å². The lowest BCUT2D eigenvalue weighted by atomic mass is 9.78. The number of rotatable bonds is 4. The number of sulfonamides is 1. The zero-order chi connectivity index (χ0) is 15.5. The van der Waals surface area contributed by atoms with Crippen LogP contribution in [0.15, 0.2) is 46.4 Å². The van der Waals surface area contributed by atoms with Gasteiger partial charge in [-0.15, -0.1) is 0 Å². The fourth-order valence-electron chi connectivity index (χ4n) is 2.15. The van der Waals surface area contributed by atoms with Crippen molar-refractivity contribution >= 4 is 15.7 Å². The number of hydrogen-bond acceptors (Lipinski definition) is 3. The molecule has 0 bridgehead atoms. The van der Waals surface area contributed by atoms with Gasteiger partial charge in [0.2, 0.25) is 0 Å². The van der Waals surface area contributed by atoms with E-state index in [9.17, 15) is 8.42 Å². The van der Waals surface area contributed by atoms with Gasteiger partial charge in [-0.1, -0.05) is 37.6 Å². The van der Waals surface area contributed by atoms with E-state index < -0.39 is 10.0 Å². The summed E-state index contributed by atoms with van der Waals surface area (Å²) in [4.78, 5) is 2.55. The van der Waals surface area contributed by atoms with Crippen molar-refractivity contribution in [3.05, 3.63) is 42.0 Å². The molecule has 5 heteroatoms. The quantitative estimate of drug-likeness (QED) is 0.867. The maximum absolute atomic E-state index is 12.1. The highest BCUT2D eigenvalue weighted by Gasteiger charge is 2.23. The molecule has 0 spiro atoms. The van der Waals surface area contributed by atoms with E-state index >= 15 is 0 Å². The van der Waals surface area contributed by atoms with Crippen LogP contribution in [0.3, 0.4) is 0 Å². The van der Waals surface area contributed by atoms with Crippen molar-refractivity contribution in [2.75, 3.05) is 0 Å². The lowest BCUT2D eigenvalue weighted by molar-refractivity contribution is 0.379. The fraction of sp³-hybridized carbons (Fsp3) is 0.438. The highest BCUT2D eigenvalue weighted by atomic mass is 32.2. The molecule has 21 heavy (non-hydrogen) atoms. The Balaban J connectivity index is 2.10. The zero-order valence-electron chi connectivity index (χ0n) is 12.8. The standard InChI is InChI=1S/C16H22N2O2S/c1-4-16(3)11-9-14(10-12-16)17-18-21(19,20)15-7-5-13(2)6-8-15/h5-9,11,18H,4,10,12H2,1-3H3/b17-14-/t16-/m1/s1. The molecular formula is C16H22N2O2S. The van der Waals surface area contributed by atoms with Crippen LogP contribution < -0.4 is 4.83 Å². The summed E-state index contributed by atoms with van der Waals surface area (Å²) in [5.41, 5.74) is 2.00. The van der Waals surface area contributed by atoms with Gasteiger partial charge >= 0.3 is 0 Å². The number of nitrogens with one attached hydrogen (secondary N) is 1. The van der Waals surface area contributed by atoms with Crippen LogP contribution in [0, 0.1) is 12.3 Å². The SMILES string of the molecule is CC[C@]1(C)C=C/C(=N/NS(=O)(=O)c2ccc(C)cc2)CC1. The van der Waals surface area contributed by atoms with Crippen molar-refractivity contribution < 1.29 is 8.42 Å². The molecule has 0 aliphatic heterocycles. The van der Waals surface area contributed by atoms with E-state index in [1.807, 2.05) is 13.0 Å². The average molecular weight is 306 g/mol. The van der Waals surface area contributed by atoms with Gasteiger partial charge < -0.3 is 0 Å². The number of benzene rings is 1. The second kappa shape index (κ2) is 6.02. The summed E-state index contributed by atoms with van der Waals surface area (Å²) in [6.07, 6.45) is 6.90. The molecule has 1 aliphatic rings. The minimum Gasteiger partial charge on any atom is -0.200 e. The van der Waals surface area contributed by atoms with Gasteiger partial charge in [0, 0.05) is 0 Å². The van der Waals surface area contributed by atoms with Gasteiger partial charge in [-0.2, -0.15) is 18.4 Å². The Morgan fingerprint density at radius 2 is 1.95 bits per heavy atom. The molecule has 1 N–H and O–H groups in total. The van der Waals surface area contributed by atoms with Crippen molar-refractivity contribution in [1.82, 2.24) is 4.83 Å². The Kier molecular flexibility index (Phi) is 4.52. The molecule has 0 aromatic heterocycles. The van der Waals surface area contributed by atoms with E-state index in [-0.39, 0.29) is 10.3 Å². The van der Waals surface area contributed by atoms with Gasteiger partial charge in [0.1, 0.15) is 0 Å². The lowest BCUT2D eigenvalue weighted by Gasteiger charge is -2.27. The van der Waals surface area contributed by atoms with Gasteiger partial charge in [-0.05, 0) is 49.8 Å². The first-order chi connectivity index (χ1) is 9.85. The first kappa shape index (κ1) is 15.8. The summed E-state index contributed by atoms with van der Waals surface area (Å²) < 4.78 is 24.3. The predicted octanol–water partition coefficient (Wildman–Crippen LogP) is 3.40. The Hall–Kier alpha value is -1.62. The zero-order valence-corrected chi connectivity index (χ0v) is 13.6. The van der Waals surface area contributed by atoms with Crippen LogP contribution in [0.4, 0.5) is 0 Å². The molecule has 2 rings (SSSR count). The second-order valence-electron chi connectivity index (χ2n) is 5.85. The summed E-state index contributed by atoms with van der Waals surface area (Å²) in [5, 5.41) is 4.05. The fourth-order valence-corrected chi connectivity index (χ4v) is 2.99. The van der Waals surface area contributed by atoms with Crippen LogP contribution in [-0.2, 0) is 10.0 Å². The Bertz CT molecular complexity index is 660. The minimum atomic E-state index is -3.58. The van der Waals surface area contributed by atoms with Gasteiger partial charge in [0.15, 0.2) is 0 Å². The van der Waals surface area contributed by atoms with E-state index in [1.165, 1.54) is 0 Å². The third-order valence-electron chi connectivity index (χ3n) is 4.08. The van der Waals surface area contributed by atoms with E-state index in [0.717, 1.165) is 30.5 Å². The highest BCUT2D eigenvalue weighted by molar-refractivity contribution is 7.89. The summed E-state index contributed by atoms with van der Waals surface area (Å²) in [6.45, 7) is 6.28. The summed E-state index contributed by atoms with van der Waals surface area (Å²) in [6, 6.07) is 6.72. The Morgan fingerprint density at radius 3 is 2.48 bits per heavy atom. The Morgan fingerprint density at radius 1 is 1.29 bits per heavy atom. The second-order valence-corrected chi connectivity index (χ2v) is 7.51. The molecule has 1 atom stereocenters. The molecule has 114 valence electrons. The number of hydrogen-bond donors (Lipinski definition) is 1. The number of nitrogens with zero attached hydrogens (tertiary/aromatic N) is 1. The molecule has 0 radical (unpaired) electrons. The first-order valence-corrected chi connectivity index (χ1v) is 8.67. The van der Waals surface area contributed by atoms with Gasteiger partial charge in [-0.3, -0.25) is 0 Å². The van der Waals surface area contributed by atoms with Crippen LogP contribution in [-0.4, -0.2) is 14.1 Å². The van der Waals surface area contributed by atoms with E-state index in [1.54, 1.807) is 24.3 Å². The van der Waals surface area contributed by atoms with Crippen molar-refractivity contribution in [2.45, 2.75) is 44.9 Å². The molecule has 1 aromatic rings. The first-order valence-electron chi connectivity index (χ1n) is 7.19. The third-order valence-corrected chi connectivity index (χ3v) is 5.30. The molecule has 0 amide bonds. The van der Waals surface area contributed by atoms with Crippen LogP contribution in [0.25, 0.3) is 0 Å². The molecule has 0 heterocycles. The number of allylic oxidation sites excluding steroid dienone is 2. The third kappa shape index (κ3) is 3.94. The topological polar surface area (TPSA) is 58.5 Å². The van der Waals surface area contributed by atoms with Crippen molar-refractivity contribution in [2.24, 2.45) is 10.5 Å². The molecule has 0 saturated carbocycles. The van der Waals surface area contributed by atoms with Crippen LogP contribution in [0.1, 0.15) is 38.7 Å². The summed E-state index contributed by atoms with van der Waals surface area (Å²) in [5.74, 6) is 0. The average Bonchev–Trinajstić information content (AvgIpc) is 2.47. The molecule has 0 saturated heterocycles. The minimum absolute atomic E-state index is 0.203. The monoisotopic (exact) mass is 306 g/mol. The number of aryl methyl sites for hydroxylation is 1. The molecular weight excluding hydrogens is 284 g/mol. The highest BCUT2D eigenvalue weighted by Crippen LogP contribution is 2.32. The van der Waals surface area contributed by atoms with Gasteiger partial charge in [0.05, 0.1) is 10.6 Å². The predicted molar refractivity (Wildman–Crippen MR) is 85.7 cm³/mol. The molecule has 4 nitrogen and oxygen atoms in total. The molecule has 1 aliphatic carbocycles. The smallest absolute Gasteiger partial charge is 0.200 e. The van der Waals surface area contributed by atoms with Crippen LogP contribution in [0.2, 0.25) is 0 Å². The molecule has 1 aromatic carbocycles.